The highest BCUT2D eigenvalue weighted by Crippen LogP contribution is 2.36. The van der Waals surface area contributed by atoms with Crippen LogP contribution in [0.4, 0.5) is 10.1 Å². The molecule has 5 heteroatoms. The van der Waals surface area contributed by atoms with E-state index in [0.29, 0.717) is 12.8 Å². The first kappa shape index (κ1) is 16.2. The first-order valence-electron chi connectivity index (χ1n) is 7.93. The lowest BCUT2D eigenvalue weighted by atomic mass is 9.84. The molecule has 0 spiro atoms. The first-order chi connectivity index (χ1) is 11.6. The normalized spacial score (nSPS) is 20.8. The predicted octanol–water partition coefficient (Wildman–Crippen LogP) is 3.37. The molecule has 1 heterocycles. The summed E-state index contributed by atoms with van der Waals surface area (Å²) in [4.78, 5) is 26.4. The predicted molar refractivity (Wildman–Crippen MR) is 89.7 cm³/mol. The number of anilines is 1. The fraction of sp³-hybridized carbons (Fsp3) is 0.263. The van der Waals surface area contributed by atoms with Crippen LogP contribution in [0.3, 0.4) is 0 Å². The second-order valence-corrected chi connectivity index (χ2v) is 6.00. The van der Waals surface area contributed by atoms with Crippen molar-refractivity contribution in [3.63, 3.8) is 0 Å². The summed E-state index contributed by atoms with van der Waals surface area (Å²) in [6.07, 6.45) is 0.810. The number of halogens is 1. The molecule has 0 aromatic heterocycles. The molecule has 1 aliphatic heterocycles. The molecule has 2 atom stereocenters. The maximum Gasteiger partial charge on any atom is 0.229 e. The van der Waals surface area contributed by atoms with Gasteiger partial charge in [0.25, 0.3) is 0 Å². The van der Waals surface area contributed by atoms with E-state index in [2.05, 4.69) is 5.32 Å². The summed E-state index contributed by atoms with van der Waals surface area (Å²) in [5.41, 5.74) is 1.49. The standard InChI is InChI=1S/C19H19FN2O2/c1-22-17(23)12-11-16(18(22)13-7-9-14(20)10-8-13)19(24)21-15-5-3-2-4-6-15/h2-10,16,18H,11-12H2,1H3,(H,21,24)/t16-,18+/m0/s1. The van der Waals surface area contributed by atoms with Gasteiger partial charge in [-0.15, -0.1) is 0 Å². The van der Waals surface area contributed by atoms with Crippen molar-refractivity contribution >= 4 is 17.5 Å². The zero-order chi connectivity index (χ0) is 17.1. The van der Waals surface area contributed by atoms with Gasteiger partial charge in [-0.3, -0.25) is 9.59 Å². The summed E-state index contributed by atoms with van der Waals surface area (Å²) in [5, 5.41) is 2.91. The van der Waals surface area contributed by atoms with Gasteiger partial charge >= 0.3 is 0 Å². The monoisotopic (exact) mass is 326 g/mol. The van der Waals surface area contributed by atoms with Gasteiger partial charge in [-0.2, -0.15) is 0 Å². The fourth-order valence-electron chi connectivity index (χ4n) is 3.19. The highest BCUT2D eigenvalue weighted by molar-refractivity contribution is 5.94. The molecule has 1 saturated heterocycles. The molecule has 0 bridgehead atoms. The van der Waals surface area contributed by atoms with Gasteiger partial charge in [0, 0.05) is 19.2 Å². The minimum atomic E-state index is -0.393. The quantitative estimate of drug-likeness (QED) is 0.940. The van der Waals surface area contributed by atoms with Crippen LogP contribution < -0.4 is 5.32 Å². The number of piperidine rings is 1. The Kier molecular flexibility index (Phi) is 4.60. The zero-order valence-corrected chi connectivity index (χ0v) is 13.4. The van der Waals surface area contributed by atoms with Crippen molar-refractivity contribution in [2.45, 2.75) is 18.9 Å². The highest BCUT2D eigenvalue weighted by atomic mass is 19.1. The number of carbonyl (C=O) groups is 2. The van der Waals surface area contributed by atoms with Gasteiger partial charge in [-0.25, -0.2) is 4.39 Å². The molecular formula is C19H19FN2O2. The maximum absolute atomic E-state index is 13.2. The highest BCUT2D eigenvalue weighted by Gasteiger charge is 2.38. The Balaban J connectivity index is 1.87. The van der Waals surface area contributed by atoms with Gasteiger partial charge in [-0.1, -0.05) is 30.3 Å². The van der Waals surface area contributed by atoms with E-state index >= 15 is 0 Å². The van der Waals surface area contributed by atoms with Crippen molar-refractivity contribution < 1.29 is 14.0 Å². The van der Waals surface area contributed by atoms with E-state index in [-0.39, 0.29) is 23.5 Å². The molecule has 0 aliphatic carbocycles. The lowest BCUT2D eigenvalue weighted by molar-refractivity contribution is -0.140. The zero-order valence-electron chi connectivity index (χ0n) is 13.4. The Morgan fingerprint density at radius 2 is 1.79 bits per heavy atom. The van der Waals surface area contributed by atoms with Gasteiger partial charge in [0.15, 0.2) is 0 Å². The van der Waals surface area contributed by atoms with Crippen molar-refractivity contribution in [3.05, 3.63) is 66.0 Å². The third kappa shape index (κ3) is 3.30. The smallest absolute Gasteiger partial charge is 0.229 e. The maximum atomic E-state index is 13.2. The molecule has 0 unspecified atom stereocenters. The SMILES string of the molecule is CN1C(=O)CC[C@H](C(=O)Nc2ccccc2)[C@H]1c1ccc(F)cc1. The van der Waals surface area contributed by atoms with Crippen LogP contribution in [0.5, 0.6) is 0 Å². The van der Waals surface area contributed by atoms with Gasteiger partial charge < -0.3 is 10.2 Å². The molecule has 2 aromatic carbocycles. The van der Waals surface area contributed by atoms with Gasteiger partial charge in [0.05, 0.1) is 12.0 Å². The van der Waals surface area contributed by atoms with Gasteiger partial charge in [0.2, 0.25) is 11.8 Å². The molecule has 4 nitrogen and oxygen atoms in total. The van der Waals surface area contributed by atoms with Crippen molar-refractivity contribution in [3.8, 4) is 0 Å². The third-order valence-electron chi connectivity index (χ3n) is 4.45. The number of hydrogen-bond donors (Lipinski definition) is 1. The number of carbonyl (C=O) groups excluding carboxylic acids is 2. The molecule has 2 amide bonds. The summed E-state index contributed by atoms with van der Waals surface area (Å²) in [6, 6.07) is 14.8. The van der Waals surface area contributed by atoms with Crippen LogP contribution in [0.1, 0.15) is 24.4 Å². The van der Waals surface area contributed by atoms with Crippen LogP contribution in [0.2, 0.25) is 0 Å². The number of nitrogens with zero attached hydrogens (tertiary/aromatic N) is 1. The minimum Gasteiger partial charge on any atom is -0.338 e. The molecule has 1 aliphatic rings. The Hall–Kier alpha value is -2.69. The number of amides is 2. The second-order valence-electron chi connectivity index (χ2n) is 6.00. The number of likely N-dealkylation sites (tertiary alicyclic amines) is 1. The summed E-state index contributed by atoms with van der Waals surface area (Å²) in [7, 11) is 1.69. The Morgan fingerprint density at radius 1 is 1.12 bits per heavy atom. The van der Waals surface area contributed by atoms with Gasteiger partial charge in [0.1, 0.15) is 5.82 Å². The van der Waals surface area contributed by atoms with Crippen LogP contribution in [0.25, 0.3) is 0 Å². The third-order valence-corrected chi connectivity index (χ3v) is 4.45. The topological polar surface area (TPSA) is 49.4 Å². The van der Waals surface area contributed by atoms with Crippen LogP contribution in [0, 0.1) is 11.7 Å². The van der Waals surface area contributed by atoms with E-state index in [1.54, 1.807) is 24.1 Å². The Morgan fingerprint density at radius 3 is 2.46 bits per heavy atom. The molecule has 24 heavy (non-hydrogen) atoms. The average molecular weight is 326 g/mol. The van der Waals surface area contributed by atoms with E-state index in [9.17, 15) is 14.0 Å². The molecule has 0 saturated carbocycles. The summed E-state index contributed by atoms with van der Waals surface area (Å²) >= 11 is 0. The van der Waals surface area contributed by atoms with E-state index in [1.165, 1.54) is 12.1 Å². The number of nitrogens with one attached hydrogen (secondary N) is 1. The molecular weight excluding hydrogens is 307 g/mol. The number of para-hydroxylation sites is 1. The van der Waals surface area contributed by atoms with Crippen LogP contribution >= 0.6 is 0 Å². The van der Waals surface area contributed by atoms with Crippen molar-refractivity contribution in [1.29, 1.82) is 0 Å². The van der Waals surface area contributed by atoms with Crippen LogP contribution in [0.15, 0.2) is 54.6 Å². The summed E-state index contributed by atoms with van der Waals surface area (Å²) in [5.74, 6) is -0.852. The minimum absolute atomic E-state index is 0.00640. The fourth-order valence-corrected chi connectivity index (χ4v) is 3.19. The molecule has 0 radical (unpaired) electrons. The largest absolute Gasteiger partial charge is 0.338 e. The van der Waals surface area contributed by atoms with Crippen molar-refractivity contribution in [2.24, 2.45) is 5.92 Å². The van der Waals surface area contributed by atoms with E-state index in [4.69, 9.17) is 0 Å². The number of benzene rings is 2. The molecule has 1 N–H and O–H groups in total. The van der Waals surface area contributed by atoms with E-state index in [1.807, 2.05) is 30.3 Å². The van der Waals surface area contributed by atoms with E-state index < -0.39 is 6.04 Å². The summed E-state index contributed by atoms with van der Waals surface area (Å²) in [6.45, 7) is 0. The second kappa shape index (κ2) is 6.83. The van der Waals surface area contributed by atoms with Gasteiger partial charge in [-0.05, 0) is 36.2 Å². The van der Waals surface area contributed by atoms with Crippen molar-refractivity contribution in [2.75, 3.05) is 12.4 Å². The van der Waals surface area contributed by atoms with Crippen molar-refractivity contribution in [1.82, 2.24) is 4.90 Å². The lowest BCUT2D eigenvalue weighted by Crippen LogP contribution is -2.44. The van der Waals surface area contributed by atoms with E-state index in [0.717, 1.165) is 11.3 Å². The lowest BCUT2D eigenvalue weighted by Gasteiger charge is -2.38. The Bertz CT molecular complexity index is 731. The van der Waals surface area contributed by atoms with Crippen LogP contribution in [-0.2, 0) is 9.59 Å². The first-order valence-corrected chi connectivity index (χ1v) is 7.93. The number of rotatable bonds is 3. The van der Waals surface area contributed by atoms with Crippen LogP contribution in [-0.4, -0.2) is 23.8 Å². The molecule has 2 aromatic rings. The Labute approximate surface area is 140 Å². The molecule has 1 fully saturated rings. The molecule has 3 rings (SSSR count). The number of hydrogen-bond acceptors (Lipinski definition) is 2. The average Bonchev–Trinajstić information content (AvgIpc) is 2.59. The molecule has 124 valence electrons. The summed E-state index contributed by atoms with van der Waals surface area (Å²) < 4.78 is 13.2.